The van der Waals surface area contributed by atoms with Gasteiger partial charge in [-0.05, 0) is 18.2 Å². The zero-order chi connectivity index (χ0) is 19.2. The van der Waals surface area contributed by atoms with Crippen molar-refractivity contribution >= 4 is 23.4 Å². The second kappa shape index (κ2) is 8.39. The van der Waals surface area contributed by atoms with Crippen molar-refractivity contribution in [2.24, 2.45) is 16.5 Å². The van der Waals surface area contributed by atoms with E-state index in [-0.39, 0.29) is 12.2 Å². The van der Waals surface area contributed by atoms with Gasteiger partial charge in [0.1, 0.15) is 6.61 Å². The summed E-state index contributed by atoms with van der Waals surface area (Å²) in [6.07, 6.45) is -0.948. The highest BCUT2D eigenvalue weighted by atomic mass is 19.1. The van der Waals surface area contributed by atoms with Crippen LogP contribution in [-0.4, -0.2) is 38.2 Å². The number of carbonyl (C=O) groups excluding carboxylic acids is 1. The first-order valence-electron chi connectivity index (χ1n) is 8.63. The quantitative estimate of drug-likeness (QED) is 0.631. The molecule has 1 heterocycles. The van der Waals surface area contributed by atoms with Crippen molar-refractivity contribution in [3.8, 4) is 0 Å². The number of nitrogens with zero attached hydrogens (tertiary/aromatic N) is 3. The Morgan fingerprint density at radius 1 is 1.00 bits per heavy atom. The van der Waals surface area contributed by atoms with Gasteiger partial charge in [0.15, 0.2) is 11.8 Å². The molecule has 1 fully saturated rings. The van der Waals surface area contributed by atoms with Crippen LogP contribution < -0.4 is 21.3 Å². The molecular weight excluding hydrogens is 349 g/mol. The maximum atomic E-state index is 14.9. The fourth-order valence-corrected chi connectivity index (χ4v) is 3.04. The molecule has 1 saturated heterocycles. The lowest BCUT2D eigenvalue weighted by molar-refractivity contribution is 0.149. The van der Waals surface area contributed by atoms with Crippen LogP contribution in [0.4, 0.5) is 20.6 Å². The van der Waals surface area contributed by atoms with Crippen molar-refractivity contribution in [3.05, 3.63) is 59.9 Å². The summed E-state index contributed by atoms with van der Waals surface area (Å²) in [7, 11) is 0. The van der Waals surface area contributed by atoms with Crippen LogP contribution in [0.5, 0.6) is 0 Å². The molecule has 0 aromatic heterocycles. The standard InChI is InChI=1S/C19H22FN5O2/c20-17-14(13-27-19(26)23-18(21)22)5-4-8-16(17)25-11-9-24(10-12-25)15-6-2-1-3-7-15/h1-8H,9-13H2,(H4,21,22,23,26). The Hall–Kier alpha value is -3.29. The summed E-state index contributed by atoms with van der Waals surface area (Å²) in [5.74, 6) is -0.798. The van der Waals surface area contributed by atoms with E-state index in [0.717, 1.165) is 18.8 Å². The fourth-order valence-electron chi connectivity index (χ4n) is 3.04. The highest BCUT2D eigenvalue weighted by Gasteiger charge is 2.21. The molecule has 1 amide bonds. The van der Waals surface area contributed by atoms with Gasteiger partial charge in [-0.2, -0.15) is 0 Å². The second-order valence-corrected chi connectivity index (χ2v) is 6.15. The van der Waals surface area contributed by atoms with Gasteiger partial charge in [0.2, 0.25) is 0 Å². The van der Waals surface area contributed by atoms with Crippen molar-refractivity contribution in [1.82, 2.24) is 0 Å². The molecule has 0 bridgehead atoms. The van der Waals surface area contributed by atoms with Crippen LogP contribution in [0, 0.1) is 5.82 Å². The predicted molar refractivity (Wildman–Crippen MR) is 103 cm³/mol. The molecule has 27 heavy (non-hydrogen) atoms. The molecule has 2 aromatic rings. The molecule has 142 valence electrons. The third kappa shape index (κ3) is 4.66. The zero-order valence-electron chi connectivity index (χ0n) is 14.8. The number of hydrogen-bond donors (Lipinski definition) is 2. The van der Waals surface area contributed by atoms with E-state index in [1.807, 2.05) is 23.1 Å². The number of guanidine groups is 1. The highest BCUT2D eigenvalue weighted by Crippen LogP contribution is 2.25. The van der Waals surface area contributed by atoms with Crippen molar-refractivity contribution in [3.63, 3.8) is 0 Å². The minimum absolute atomic E-state index is 0.237. The van der Waals surface area contributed by atoms with Gasteiger partial charge >= 0.3 is 6.09 Å². The molecule has 4 N–H and O–H groups in total. The largest absolute Gasteiger partial charge is 0.443 e. The minimum atomic E-state index is -0.948. The van der Waals surface area contributed by atoms with Gasteiger partial charge in [0.25, 0.3) is 0 Å². The normalized spacial score (nSPS) is 14.0. The number of rotatable bonds is 4. The van der Waals surface area contributed by atoms with Crippen molar-refractivity contribution in [1.29, 1.82) is 0 Å². The maximum absolute atomic E-state index is 14.9. The monoisotopic (exact) mass is 371 g/mol. The number of para-hydroxylation sites is 1. The first-order chi connectivity index (χ1) is 13.0. The Balaban J connectivity index is 1.64. The minimum Gasteiger partial charge on any atom is -0.443 e. The van der Waals surface area contributed by atoms with Crippen molar-refractivity contribution in [2.45, 2.75) is 6.61 Å². The SMILES string of the molecule is NC(N)=NC(=O)OCc1cccc(N2CCN(c3ccccc3)CC2)c1F. The molecule has 1 aliphatic heterocycles. The van der Waals surface area contributed by atoms with Crippen LogP contribution in [0.1, 0.15) is 5.56 Å². The van der Waals surface area contributed by atoms with Gasteiger partial charge in [-0.25, -0.2) is 9.18 Å². The van der Waals surface area contributed by atoms with E-state index in [2.05, 4.69) is 22.0 Å². The summed E-state index contributed by atoms with van der Waals surface area (Å²) < 4.78 is 19.7. The Labute approximate surface area is 157 Å². The average Bonchev–Trinajstić information content (AvgIpc) is 2.67. The number of piperazine rings is 1. The lowest BCUT2D eigenvalue weighted by Gasteiger charge is -2.37. The van der Waals surface area contributed by atoms with E-state index in [9.17, 15) is 9.18 Å². The number of aliphatic imine (C=N–C) groups is 1. The third-order valence-corrected chi connectivity index (χ3v) is 4.37. The highest BCUT2D eigenvalue weighted by molar-refractivity contribution is 5.87. The molecular formula is C19H22FN5O2. The number of carbonyl (C=O) groups is 1. The van der Waals surface area contributed by atoms with E-state index < -0.39 is 17.9 Å². The Morgan fingerprint density at radius 3 is 2.33 bits per heavy atom. The molecule has 7 nitrogen and oxygen atoms in total. The maximum Gasteiger partial charge on any atom is 0.437 e. The molecule has 3 rings (SSSR count). The lowest BCUT2D eigenvalue weighted by atomic mass is 10.1. The zero-order valence-corrected chi connectivity index (χ0v) is 14.8. The number of hydrogen-bond acceptors (Lipinski definition) is 4. The van der Waals surface area contributed by atoms with E-state index >= 15 is 0 Å². The number of ether oxygens (including phenoxy) is 1. The van der Waals surface area contributed by atoms with E-state index in [0.29, 0.717) is 18.8 Å². The van der Waals surface area contributed by atoms with Crippen molar-refractivity contribution in [2.75, 3.05) is 36.0 Å². The molecule has 1 aliphatic rings. The Morgan fingerprint density at radius 2 is 1.67 bits per heavy atom. The van der Waals surface area contributed by atoms with Gasteiger partial charge in [0, 0.05) is 37.4 Å². The molecule has 2 aromatic carbocycles. The Kier molecular flexibility index (Phi) is 5.75. The van der Waals surface area contributed by atoms with E-state index in [1.165, 1.54) is 0 Å². The molecule has 0 saturated carbocycles. The van der Waals surface area contributed by atoms with Gasteiger partial charge in [-0.3, -0.25) is 0 Å². The molecule has 0 unspecified atom stereocenters. The van der Waals surface area contributed by atoms with Crippen LogP contribution in [-0.2, 0) is 11.3 Å². The number of amides is 1. The Bertz CT molecular complexity index is 816. The lowest BCUT2D eigenvalue weighted by Crippen LogP contribution is -2.46. The van der Waals surface area contributed by atoms with E-state index in [4.69, 9.17) is 16.2 Å². The average molecular weight is 371 g/mol. The van der Waals surface area contributed by atoms with Crippen LogP contribution in [0.3, 0.4) is 0 Å². The summed E-state index contributed by atoms with van der Waals surface area (Å²) >= 11 is 0. The van der Waals surface area contributed by atoms with Crippen LogP contribution in [0.25, 0.3) is 0 Å². The number of nitrogens with two attached hydrogens (primary N) is 2. The summed E-state index contributed by atoms with van der Waals surface area (Å²) in [4.78, 5) is 18.9. The molecule has 0 atom stereocenters. The topological polar surface area (TPSA) is 97.2 Å². The number of benzene rings is 2. The van der Waals surface area contributed by atoms with Gasteiger partial charge < -0.3 is 26.0 Å². The number of halogens is 1. The summed E-state index contributed by atoms with van der Waals surface area (Å²) in [6.45, 7) is 2.76. The van der Waals surface area contributed by atoms with E-state index in [1.54, 1.807) is 18.2 Å². The first kappa shape index (κ1) is 18.5. The van der Waals surface area contributed by atoms with Gasteiger partial charge in [-0.15, -0.1) is 4.99 Å². The van der Waals surface area contributed by atoms with Crippen molar-refractivity contribution < 1.29 is 13.9 Å². The first-order valence-corrected chi connectivity index (χ1v) is 8.63. The third-order valence-electron chi connectivity index (χ3n) is 4.37. The summed E-state index contributed by atoms with van der Waals surface area (Å²) in [5.41, 5.74) is 12.2. The summed E-state index contributed by atoms with van der Waals surface area (Å²) in [5, 5.41) is 0. The molecule has 0 spiro atoms. The second-order valence-electron chi connectivity index (χ2n) is 6.15. The number of anilines is 2. The molecule has 8 heteroatoms. The molecule has 0 aliphatic carbocycles. The van der Waals surface area contributed by atoms with Crippen LogP contribution in [0.2, 0.25) is 0 Å². The molecule has 0 radical (unpaired) electrons. The summed E-state index contributed by atoms with van der Waals surface area (Å²) in [6, 6.07) is 15.2. The van der Waals surface area contributed by atoms with Crippen LogP contribution >= 0.6 is 0 Å². The van der Waals surface area contributed by atoms with Crippen LogP contribution in [0.15, 0.2) is 53.5 Å². The predicted octanol–water partition coefficient (Wildman–Crippen LogP) is 2.06. The fraction of sp³-hybridized carbons (Fsp3) is 0.263. The van der Waals surface area contributed by atoms with Gasteiger partial charge in [0.05, 0.1) is 5.69 Å². The smallest absolute Gasteiger partial charge is 0.437 e. The van der Waals surface area contributed by atoms with Gasteiger partial charge in [-0.1, -0.05) is 30.3 Å².